The zero-order valence-electron chi connectivity index (χ0n) is 11.9. The zero-order chi connectivity index (χ0) is 14.7. The van der Waals surface area contributed by atoms with Crippen molar-refractivity contribution in [3.05, 3.63) is 59.0 Å². The molecule has 1 saturated carbocycles. The Balaban J connectivity index is 1.55. The quantitative estimate of drug-likeness (QED) is 0.839. The van der Waals surface area contributed by atoms with E-state index >= 15 is 0 Å². The van der Waals surface area contributed by atoms with Crippen LogP contribution in [0.25, 0.3) is 0 Å². The molecule has 1 N–H and O–H groups in total. The van der Waals surface area contributed by atoms with Crippen LogP contribution in [0, 0.1) is 0 Å². The highest BCUT2D eigenvalue weighted by molar-refractivity contribution is 6.30. The third kappa shape index (κ3) is 4.10. The molecule has 112 valence electrons. The van der Waals surface area contributed by atoms with Gasteiger partial charge in [-0.2, -0.15) is 0 Å². The molecule has 1 aromatic heterocycles. The van der Waals surface area contributed by atoms with Gasteiger partial charge in [-0.25, -0.2) is 0 Å². The van der Waals surface area contributed by atoms with E-state index in [1.54, 1.807) is 6.26 Å². The van der Waals surface area contributed by atoms with Gasteiger partial charge >= 0.3 is 0 Å². The van der Waals surface area contributed by atoms with E-state index in [2.05, 4.69) is 4.90 Å². The van der Waals surface area contributed by atoms with E-state index in [4.69, 9.17) is 16.0 Å². The van der Waals surface area contributed by atoms with Crippen LogP contribution in [0.5, 0.6) is 0 Å². The molecule has 1 aromatic carbocycles. The zero-order valence-corrected chi connectivity index (χ0v) is 12.7. The summed E-state index contributed by atoms with van der Waals surface area (Å²) in [6.07, 6.45) is 4.48. The Morgan fingerprint density at radius 3 is 2.62 bits per heavy atom. The van der Waals surface area contributed by atoms with Gasteiger partial charge in [0.2, 0.25) is 0 Å². The summed E-state index contributed by atoms with van der Waals surface area (Å²) in [5.41, 5.74) is 0.924. The van der Waals surface area contributed by atoms with Crippen molar-refractivity contribution < 1.29 is 9.52 Å². The number of hydrogen-bond donors (Lipinski definition) is 1. The molecule has 1 heterocycles. The summed E-state index contributed by atoms with van der Waals surface area (Å²) < 4.78 is 5.43. The standard InChI is InChI=1S/C17H20ClNO2/c18-14-5-3-13(4-6-14)17(20)9-10-19(15-7-8-15)12-16-2-1-11-21-16/h1-6,11,15,17,20H,7-10,12H2. The first-order valence-corrected chi connectivity index (χ1v) is 7.80. The summed E-state index contributed by atoms with van der Waals surface area (Å²) >= 11 is 5.87. The molecule has 1 aliphatic carbocycles. The predicted molar refractivity (Wildman–Crippen MR) is 83.2 cm³/mol. The Bertz CT molecular complexity index is 549. The number of halogens is 1. The number of aliphatic hydroxyl groups is 1. The lowest BCUT2D eigenvalue weighted by atomic mass is 10.1. The van der Waals surface area contributed by atoms with Gasteiger partial charge in [0.05, 0.1) is 18.9 Å². The molecule has 0 amide bonds. The molecule has 0 bridgehead atoms. The van der Waals surface area contributed by atoms with Gasteiger partial charge in [-0.15, -0.1) is 0 Å². The maximum atomic E-state index is 10.3. The molecule has 0 radical (unpaired) electrons. The Kier molecular flexibility index (Phi) is 4.63. The molecule has 21 heavy (non-hydrogen) atoms. The number of benzene rings is 1. The van der Waals surface area contributed by atoms with Crippen molar-refractivity contribution in [2.75, 3.05) is 6.54 Å². The molecule has 3 rings (SSSR count). The van der Waals surface area contributed by atoms with Gasteiger partial charge in [0.25, 0.3) is 0 Å². The monoisotopic (exact) mass is 305 g/mol. The summed E-state index contributed by atoms with van der Waals surface area (Å²) in [5, 5.41) is 11.0. The number of nitrogens with zero attached hydrogens (tertiary/aromatic N) is 1. The average molecular weight is 306 g/mol. The van der Waals surface area contributed by atoms with Crippen LogP contribution in [0.3, 0.4) is 0 Å². The van der Waals surface area contributed by atoms with Crippen LogP contribution in [-0.4, -0.2) is 22.6 Å². The van der Waals surface area contributed by atoms with Crippen LogP contribution < -0.4 is 0 Å². The van der Waals surface area contributed by atoms with Crippen LogP contribution in [0.1, 0.15) is 36.7 Å². The van der Waals surface area contributed by atoms with Crippen molar-refractivity contribution in [3.8, 4) is 0 Å². The van der Waals surface area contributed by atoms with Crippen molar-refractivity contribution in [1.82, 2.24) is 4.90 Å². The second kappa shape index (κ2) is 6.65. The molecule has 3 nitrogen and oxygen atoms in total. The first-order chi connectivity index (χ1) is 10.2. The summed E-state index contributed by atoms with van der Waals surface area (Å²) in [6, 6.07) is 12.0. The number of hydrogen-bond acceptors (Lipinski definition) is 3. The molecule has 2 aromatic rings. The minimum atomic E-state index is -0.444. The van der Waals surface area contributed by atoms with E-state index in [0.29, 0.717) is 11.1 Å². The largest absolute Gasteiger partial charge is 0.468 e. The first-order valence-electron chi connectivity index (χ1n) is 7.42. The maximum Gasteiger partial charge on any atom is 0.117 e. The van der Waals surface area contributed by atoms with Gasteiger partial charge in [-0.05, 0) is 49.1 Å². The van der Waals surface area contributed by atoms with E-state index < -0.39 is 6.10 Å². The highest BCUT2D eigenvalue weighted by Crippen LogP contribution is 2.30. The summed E-state index contributed by atoms with van der Waals surface area (Å²) in [7, 11) is 0. The third-order valence-corrected chi connectivity index (χ3v) is 4.20. The van der Waals surface area contributed by atoms with Crippen LogP contribution in [-0.2, 0) is 6.54 Å². The summed E-state index contributed by atoms with van der Waals surface area (Å²) in [4.78, 5) is 2.40. The Morgan fingerprint density at radius 1 is 1.24 bits per heavy atom. The smallest absolute Gasteiger partial charge is 0.117 e. The molecule has 1 fully saturated rings. The fourth-order valence-electron chi connectivity index (χ4n) is 2.57. The first kappa shape index (κ1) is 14.6. The SMILES string of the molecule is OC(CCN(Cc1ccco1)C1CC1)c1ccc(Cl)cc1. The lowest BCUT2D eigenvalue weighted by molar-refractivity contribution is 0.133. The second-order valence-corrected chi connectivity index (χ2v) is 6.07. The molecule has 1 atom stereocenters. The average Bonchev–Trinajstić information content (AvgIpc) is 3.21. The predicted octanol–water partition coefficient (Wildman–Crippen LogP) is 4.02. The molecular weight excluding hydrogens is 286 g/mol. The van der Waals surface area contributed by atoms with E-state index in [0.717, 1.165) is 30.8 Å². The normalized spacial score (nSPS) is 16.3. The van der Waals surface area contributed by atoms with E-state index in [-0.39, 0.29) is 0 Å². The molecule has 0 spiro atoms. The van der Waals surface area contributed by atoms with Crippen LogP contribution in [0.4, 0.5) is 0 Å². The third-order valence-electron chi connectivity index (χ3n) is 3.95. The van der Waals surface area contributed by atoms with Crippen molar-refractivity contribution in [1.29, 1.82) is 0 Å². The fraction of sp³-hybridized carbons (Fsp3) is 0.412. The molecule has 0 saturated heterocycles. The van der Waals surface area contributed by atoms with E-state index in [1.165, 1.54) is 12.8 Å². The Morgan fingerprint density at radius 2 is 2.00 bits per heavy atom. The van der Waals surface area contributed by atoms with Crippen LogP contribution in [0.2, 0.25) is 5.02 Å². The van der Waals surface area contributed by atoms with Crippen molar-refractivity contribution in [2.45, 2.75) is 38.0 Å². The van der Waals surface area contributed by atoms with Crippen molar-refractivity contribution >= 4 is 11.6 Å². The van der Waals surface area contributed by atoms with Crippen molar-refractivity contribution in [2.24, 2.45) is 0 Å². The van der Waals surface area contributed by atoms with Gasteiger partial charge in [0.15, 0.2) is 0 Å². The molecule has 1 aliphatic rings. The second-order valence-electron chi connectivity index (χ2n) is 5.64. The van der Waals surface area contributed by atoms with Gasteiger partial charge in [0.1, 0.15) is 5.76 Å². The lowest BCUT2D eigenvalue weighted by Gasteiger charge is -2.22. The maximum absolute atomic E-state index is 10.3. The summed E-state index contributed by atoms with van der Waals surface area (Å²) in [5.74, 6) is 0.989. The van der Waals surface area contributed by atoms with Gasteiger partial charge in [-0.1, -0.05) is 23.7 Å². The number of rotatable bonds is 7. The molecule has 0 aliphatic heterocycles. The fourth-order valence-corrected chi connectivity index (χ4v) is 2.70. The minimum Gasteiger partial charge on any atom is -0.468 e. The van der Waals surface area contributed by atoms with Crippen LogP contribution >= 0.6 is 11.6 Å². The van der Waals surface area contributed by atoms with Gasteiger partial charge in [-0.3, -0.25) is 4.90 Å². The van der Waals surface area contributed by atoms with Crippen molar-refractivity contribution in [3.63, 3.8) is 0 Å². The highest BCUT2D eigenvalue weighted by atomic mass is 35.5. The molecule has 4 heteroatoms. The molecule has 1 unspecified atom stereocenters. The highest BCUT2D eigenvalue weighted by Gasteiger charge is 2.29. The molecular formula is C17H20ClNO2. The lowest BCUT2D eigenvalue weighted by Crippen LogP contribution is -2.27. The van der Waals surface area contributed by atoms with Gasteiger partial charge in [0, 0.05) is 17.6 Å². The van der Waals surface area contributed by atoms with Gasteiger partial charge < -0.3 is 9.52 Å². The minimum absolute atomic E-state index is 0.444. The van der Waals surface area contributed by atoms with E-state index in [1.807, 2.05) is 36.4 Å². The topological polar surface area (TPSA) is 36.6 Å². The summed E-state index contributed by atoms with van der Waals surface area (Å²) in [6.45, 7) is 1.69. The van der Waals surface area contributed by atoms with Crippen LogP contribution in [0.15, 0.2) is 47.1 Å². The number of furan rings is 1. The number of aliphatic hydroxyl groups excluding tert-OH is 1. The Hall–Kier alpha value is -1.29. The van der Waals surface area contributed by atoms with E-state index in [9.17, 15) is 5.11 Å². The Labute approximate surface area is 130 Å².